The summed E-state index contributed by atoms with van der Waals surface area (Å²) in [5, 5.41) is 22.1. The normalized spacial score (nSPS) is 14.4. The summed E-state index contributed by atoms with van der Waals surface area (Å²) < 4.78 is 4.95. The van der Waals surface area contributed by atoms with E-state index in [1.54, 1.807) is 6.07 Å². The highest BCUT2D eigenvalue weighted by Crippen LogP contribution is 2.37. The van der Waals surface area contributed by atoms with Gasteiger partial charge in [-0.2, -0.15) is 0 Å². The molecule has 0 saturated carbocycles. The Hall–Kier alpha value is -2.55. The summed E-state index contributed by atoms with van der Waals surface area (Å²) in [7, 11) is 1.28. The van der Waals surface area contributed by atoms with E-state index in [-0.39, 0.29) is 23.5 Å². The highest BCUT2D eigenvalue weighted by molar-refractivity contribution is 6.43. The van der Waals surface area contributed by atoms with Crippen molar-refractivity contribution >= 4 is 40.4 Å². The van der Waals surface area contributed by atoms with Crippen molar-refractivity contribution < 1.29 is 19.6 Å². The summed E-state index contributed by atoms with van der Waals surface area (Å²) in [6.07, 6.45) is 1.76. The van der Waals surface area contributed by atoms with Gasteiger partial charge in [0, 0.05) is 44.2 Å². The quantitative estimate of drug-likeness (QED) is 0.238. The van der Waals surface area contributed by atoms with Gasteiger partial charge in [0.15, 0.2) is 11.5 Å². The Labute approximate surface area is 196 Å². The first-order chi connectivity index (χ1) is 15.3. The number of aromatic hydroxyl groups is 1. The molecule has 0 atom stereocenters. The number of phenolic OH excluding ortho intramolecular Hbond substituents is 1. The SMILES string of the molecule is COc1cc(C(=O)CCCCN2CCN(c3cccc(Cl)c3Cl)CC2)cc([N+](=O)[O-])c1O. The average molecular weight is 482 g/mol. The number of piperazine rings is 1. The van der Waals surface area contributed by atoms with Crippen LogP contribution in [-0.4, -0.2) is 60.5 Å². The van der Waals surface area contributed by atoms with Crippen LogP contribution in [0, 0.1) is 10.1 Å². The molecule has 1 aliphatic rings. The third-order valence-corrected chi connectivity index (χ3v) is 6.37. The molecule has 2 aromatic carbocycles. The molecule has 1 saturated heterocycles. The van der Waals surface area contributed by atoms with Gasteiger partial charge in [-0.15, -0.1) is 0 Å². The summed E-state index contributed by atoms with van der Waals surface area (Å²) in [5.41, 5.74) is 0.576. The Morgan fingerprint density at radius 1 is 1.19 bits per heavy atom. The van der Waals surface area contributed by atoms with E-state index in [2.05, 4.69) is 9.80 Å². The van der Waals surface area contributed by atoms with Crippen molar-refractivity contribution in [1.82, 2.24) is 4.90 Å². The molecule has 0 aromatic heterocycles. The van der Waals surface area contributed by atoms with Gasteiger partial charge in [0.25, 0.3) is 0 Å². The van der Waals surface area contributed by atoms with E-state index >= 15 is 0 Å². The number of halogens is 2. The van der Waals surface area contributed by atoms with Crippen molar-refractivity contribution in [3.05, 3.63) is 56.1 Å². The van der Waals surface area contributed by atoms with Crippen molar-refractivity contribution in [2.45, 2.75) is 19.3 Å². The molecule has 0 radical (unpaired) electrons. The first-order valence-corrected chi connectivity index (χ1v) is 11.1. The number of rotatable bonds is 9. The predicted octanol–water partition coefficient (Wildman–Crippen LogP) is 4.79. The summed E-state index contributed by atoms with van der Waals surface area (Å²) in [6, 6.07) is 8.08. The van der Waals surface area contributed by atoms with Crippen molar-refractivity contribution in [1.29, 1.82) is 0 Å². The average Bonchev–Trinajstić information content (AvgIpc) is 2.79. The number of anilines is 1. The molecule has 8 nitrogen and oxygen atoms in total. The molecule has 10 heteroatoms. The fraction of sp³-hybridized carbons (Fsp3) is 0.409. The van der Waals surface area contributed by atoms with E-state index in [0.29, 0.717) is 16.5 Å². The minimum absolute atomic E-state index is 0.0831. The number of unbranched alkanes of at least 4 members (excludes halogenated alkanes) is 1. The monoisotopic (exact) mass is 481 g/mol. The second-order valence-electron chi connectivity index (χ2n) is 7.59. The number of ketones is 1. The molecule has 1 heterocycles. The molecular formula is C22H25Cl2N3O5. The van der Waals surface area contributed by atoms with E-state index in [4.69, 9.17) is 27.9 Å². The Morgan fingerprint density at radius 2 is 1.91 bits per heavy atom. The molecule has 2 aromatic rings. The first-order valence-electron chi connectivity index (χ1n) is 10.3. The molecule has 172 valence electrons. The minimum Gasteiger partial charge on any atom is -0.500 e. The maximum absolute atomic E-state index is 12.5. The van der Waals surface area contributed by atoms with Crippen LogP contribution in [0.15, 0.2) is 30.3 Å². The molecule has 32 heavy (non-hydrogen) atoms. The first kappa shape index (κ1) is 24.1. The third kappa shape index (κ3) is 5.62. The third-order valence-electron chi connectivity index (χ3n) is 5.57. The van der Waals surface area contributed by atoms with E-state index in [9.17, 15) is 20.0 Å². The van der Waals surface area contributed by atoms with Gasteiger partial charge in [0.2, 0.25) is 5.75 Å². The number of nitro groups is 1. The number of phenols is 1. The number of ether oxygens (including phenoxy) is 1. The lowest BCUT2D eigenvalue weighted by Crippen LogP contribution is -2.46. The van der Waals surface area contributed by atoms with Crippen LogP contribution in [-0.2, 0) is 0 Å². The number of methoxy groups -OCH3 is 1. The molecule has 0 unspecified atom stereocenters. The number of carbonyl (C=O) groups excluding carboxylic acids is 1. The number of hydrogen-bond donors (Lipinski definition) is 1. The molecule has 1 fully saturated rings. The fourth-order valence-electron chi connectivity index (χ4n) is 3.76. The van der Waals surface area contributed by atoms with E-state index in [0.717, 1.165) is 50.9 Å². The summed E-state index contributed by atoms with van der Waals surface area (Å²) in [4.78, 5) is 27.4. The summed E-state index contributed by atoms with van der Waals surface area (Å²) in [6.45, 7) is 4.33. The zero-order valence-electron chi connectivity index (χ0n) is 17.7. The van der Waals surface area contributed by atoms with Crippen LogP contribution in [0.4, 0.5) is 11.4 Å². The van der Waals surface area contributed by atoms with Crippen molar-refractivity contribution in [2.75, 3.05) is 44.7 Å². The number of nitrogens with zero attached hydrogens (tertiary/aromatic N) is 3. The van der Waals surface area contributed by atoms with Crippen molar-refractivity contribution in [3.8, 4) is 11.5 Å². The van der Waals surface area contributed by atoms with Crippen LogP contribution in [0.25, 0.3) is 0 Å². The summed E-state index contributed by atoms with van der Waals surface area (Å²) in [5.74, 6) is -0.876. The van der Waals surface area contributed by atoms with Gasteiger partial charge in [-0.25, -0.2) is 0 Å². The van der Waals surface area contributed by atoms with Crippen LogP contribution in [0.3, 0.4) is 0 Å². The van der Waals surface area contributed by atoms with Gasteiger partial charge in [-0.05, 0) is 37.6 Å². The van der Waals surface area contributed by atoms with Gasteiger partial charge in [0.05, 0.1) is 27.8 Å². The molecule has 0 aliphatic carbocycles. The smallest absolute Gasteiger partial charge is 0.315 e. The minimum atomic E-state index is -0.731. The van der Waals surface area contributed by atoms with E-state index < -0.39 is 16.4 Å². The number of Topliss-reactive ketones (excluding diaryl/α,β-unsaturated/α-hetero) is 1. The highest BCUT2D eigenvalue weighted by atomic mass is 35.5. The Bertz CT molecular complexity index is 994. The molecule has 1 aliphatic heterocycles. The lowest BCUT2D eigenvalue weighted by Gasteiger charge is -2.36. The lowest BCUT2D eigenvalue weighted by molar-refractivity contribution is -0.386. The second kappa shape index (κ2) is 10.8. The van der Waals surface area contributed by atoms with Crippen LogP contribution < -0.4 is 9.64 Å². The molecule has 3 rings (SSSR count). The zero-order valence-corrected chi connectivity index (χ0v) is 19.2. The van der Waals surface area contributed by atoms with Gasteiger partial charge in [-0.1, -0.05) is 29.3 Å². The maximum atomic E-state index is 12.5. The van der Waals surface area contributed by atoms with E-state index in [1.165, 1.54) is 13.2 Å². The Morgan fingerprint density at radius 3 is 2.56 bits per heavy atom. The number of nitro benzene ring substituents is 1. The Kier molecular flexibility index (Phi) is 8.17. The molecule has 0 amide bonds. The second-order valence-corrected chi connectivity index (χ2v) is 8.37. The van der Waals surface area contributed by atoms with E-state index in [1.807, 2.05) is 12.1 Å². The zero-order chi connectivity index (χ0) is 23.3. The topological polar surface area (TPSA) is 96.2 Å². The number of benzene rings is 2. The molecular weight excluding hydrogens is 457 g/mol. The highest BCUT2D eigenvalue weighted by Gasteiger charge is 2.23. The van der Waals surface area contributed by atoms with Crippen molar-refractivity contribution in [3.63, 3.8) is 0 Å². The predicted molar refractivity (Wildman–Crippen MR) is 125 cm³/mol. The molecule has 1 N–H and O–H groups in total. The van der Waals surface area contributed by atoms with Gasteiger partial charge >= 0.3 is 5.69 Å². The van der Waals surface area contributed by atoms with Crippen molar-refractivity contribution in [2.24, 2.45) is 0 Å². The number of carbonyl (C=O) groups is 1. The van der Waals surface area contributed by atoms with Crippen LogP contribution in [0.2, 0.25) is 10.0 Å². The van der Waals surface area contributed by atoms with Gasteiger partial charge in [-0.3, -0.25) is 19.8 Å². The lowest BCUT2D eigenvalue weighted by atomic mass is 10.0. The van der Waals surface area contributed by atoms with Gasteiger partial charge in [0.1, 0.15) is 0 Å². The molecule has 0 spiro atoms. The van der Waals surface area contributed by atoms with Crippen LogP contribution >= 0.6 is 23.2 Å². The maximum Gasteiger partial charge on any atom is 0.315 e. The standard InChI is InChI=1S/C22H25Cl2N3O5/c1-32-20-14-15(13-18(22(20)29)27(30)31)19(28)7-2-3-8-25-9-11-26(12-10-25)17-6-4-5-16(23)21(17)24/h4-6,13-14,29H,2-3,7-12H2,1H3. The number of hydrogen-bond acceptors (Lipinski definition) is 7. The largest absolute Gasteiger partial charge is 0.500 e. The molecule has 0 bridgehead atoms. The summed E-state index contributed by atoms with van der Waals surface area (Å²) >= 11 is 12.4. The van der Waals surface area contributed by atoms with Crippen LogP contribution in [0.5, 0.6) is 11.5 Å². The Balaban J connectivity index is 1.46. The van der Waals surface area contributed by atoms with Gasteiger partial charge < -0.3 is 14.7 Å². The fourth-order valence-corrected chi connectivity index (χ4v) is 4.18. The van der Waals surface area contributed by atoms with Crippen LogP contribution in [0.1, 0.15) is 29.6 Å².